The third-order valence-corrected chi connectivity index (χ3v) is 2.82. The van der Waals surface area contributed by atoms with E-state index in [9.17, 15) is 0 Å². The Morgan fingerprint density at radius 3 is 3.00 bits per heavy atom. The van der Waals surface area contributed by atoms with Crippen molar-refractivity contribution in [2.24, 2.45) is 0 Å². The molecule has 2 heterocycles. The van der Waals surface area contributed by atoms with Gasteiger partial charge in [0.25, 0.3) is 5.89 Å². The molecule has 0 amide bonds. The summed E-state index contributed by atoms with van der Waals surface area (Å²) in [6, 6.07) is 0. The highest BCUT2D eigenvalue weighted by atomic mass is 35.5. The van der Waals surface area contributed by atoms with Gasteiger partial charge in [-0.25, -0.2) is 4.98 Å². The van der Waals surface area contributed by atoms with E-state index in [-0.39, 0.29) is 0 Å². The number of thiazole rings is 1. The third-order valence-electron chi connectivity index (χ3n) is 1.71. The third kappa shape index (κ3) is 1.78. The van der Waals surface area contributed by atoms with Crippen LogP contribution in [0.5, 0.6) is 0 Å². The van der Waals surface area contributed by atoms with Gasteiger partial charge in [-0.2, -0.15) is 0 Å². The van der Waals surface area contributed by atoms with Gasteiger partial charge < -0.3 is 4.42 Å². The Hall–Kier alpha value is -0.940. The fraction of sp³-hybridized carbons (Fsp3) is 0.375. The van der Waals surface area contributed by atoms with Crippen molar-refractivity contribution in [1.29, 1.82) is 0 Å². The molecule has 0 atom stereocenters. The molecular formula is C8H8ClN3OS. The molecule has 14 heavy (non-hydrogen) atoms. The van der Waals surface area contributed by atoms with Crippen LogP contribution in [0.2, 0.25) is 0 Å². The lowest BCUT2D eigenvalue weighted by Gasteiger charge is -1.88. The van der Waals surface area contributed by atoms with Gasteiger partial charge in [0.1, 0.15) is 4.88 Å². The Kier molecular flexibility index (Phi) is 2.79. The lowest BCUT2D eigenvalue weighted by atomic mass is 10.4. The van der Waals surface area contributed by atoms with E-state index < -0.39 is 0 Å². The molecule has 2 aromatic heterocycles. The standard InChI is InChI=1S/C8H8ClN3OS/c1-5-7(14-4-10-5)8-12-11-6(13-8)2-3-9/h4H,2-3H2,1H3. The van der Waals surface area contributed by atoms with Crippen LogP contribution in [0, 0.1) is 6.92 Å². The second-order valence-electron chi connectivity index (χ2n) is 2.71. The molecule has 0 radical (unpaired) electrons. The Balaban J connectivity index is 2.29. The summed E-state index contributed by atoms with van der Waals surface area (Å²) in [6.07, 6.45) is 0.604. The van der Waals surface area contributed by atoms with Crippen LogP contribution in [0.3, 0.4) is 0 Å². The van der Waals surface area contributed by atoms with E-state index >= 15 is 0 Å². The molecule has 0 spiro atoms. The second-order valence-corrected chi connectivity index (χ2v) is 3.94. The van der Waals surface area contributed by atoms with Crippen molar-refractivity contribution in [2.75, 3.05) is 5.88 Å². The first-order valence-corrected chi connectivity index (χ1v) is 5.51. The lowest BCUT2D eigenvalue weighted by Crippen LogP contribution is -1.84. The van der Waals surface area contributed by atoms with Gasteiger partial charge in [0.05, 0.1) is 11.2 Å². The first kappa shape index (κ1) is 9.61. The van der Waals surface area contributed by atoms with Gasteiger partial charge in [-0.05, 0) is 6.92 Å². The zero-order valence-corrected chi connectivity index (χ0v) is 9.10. The van der Waals surface area contributed by atoms with Gasteiger partial charge >= 0.3 is 0 Å². The van der Waals surface area contributed by atoms with Gasteiger partial charge in [0, 0.05) is 12.3 Å². The minimum atomic E-state index is 0.489. The van der Waals surface area contributed by atoms with Crippen molar-refractivity contribution in [2.45, 2.75) is 13.3 Å². The summed E-state index contributed by atoms with van der Waals surface area (Å²) in [6.45, 7) is 1.91. The SMILES string of the molecule is Cc1ncsc1-c1nnc(CCCl)o1. The van der Waals surface area contributed by atoms with Gasteiger partial charge in [0.15, 0.2) is 0 Å². The monoisotopic (exact) mass is 229 g/mol. The average Bonchev–Trinajstić information content (AvgIpc) is 2.74. The first-order valence-electron chi connectivity index (χ1n) is 4.10. The van der Waals surface area contributed by atoms with Gasteiger partial charge in [-0.15, -0.1) is 33.1 Å². The molecule has 2 rings (SSSR count). The van der Waals surface area contributed by atoms with E-state index in [1.165, 1.54) is 11.3 Å². The maximum Gasteiger partial charge on any atom is 0.259 e. The molecule has 0 saturated carbocycles. The molecule has 4 nitrogen and oxygen atoms in total. The van der Waals surface area contributed by atoms with E-state index in [1.54, 1.807) is 5.51 Å². The molecule has 0 bridgehead atoms. The van der Waals surface area contributed by atoms with Crippen LogP contribution in [0.15, 0.2) is 9.93 Å². The highest BCUT2D eigenvalue weighted by Gasteiger charge is 2.12. The molecule has 0 N–H and O–H groups in total. The fourth-order valence-corrected chi connectivity index (χ4v) is 1.92. The summed E-state index contributed by atoms with van der Waals surface area (Å²) in [5, 5.41) is 7.81. The topological polar surface area (TPSA) is 51.8 Å². The van der Waals surface area contributed by atoms with Crippen LogP contribution < -0.4 is 0 Å². The van der Waals surface area contributed by atoms with Crippen LogP contribution in [-0.2, 0) is 6.42 Å². The van der Waals surface area contributed by atoms with Crippen LogP contribution in [0.1, 0.15) is 11.6 Å². The van der Waals surface area contributed by atoms with E-state index in [4.69, 9.17) is 16.0 Å². The summed E-state index contributed by atoms with van der Waals surface area (Å²) in [5.74, 6) is 1.59. The normalized spacial score (nSPS) is 10.7. The number of hydrogen-bond donors (Lipinski definition) is 0. The summed E-state index contributed by atoms with van der Waals surface area (Å²) in [4.78, 5) is 5.04. The minimum Gasteiger partial charge on any atom is -0.420 e. The number of aryl methyl sites for hydroxylation is 2. The van der Waals surface area contributed by atoms with Crippen LogP contribution >= 0.6 is 22.9 Å². The second kappa shape index (κ2) is 4.06. The predicted octanol–water partition coefficient (Wildman–Crippen LogP) is 2.28. The van der Waals surface area contributed by atoms with Crippen molar-refractivity contribution < 1.29 is 4.42 Å². The fourth-order valence-electron chi connectivity index (χ4n) is 1.03. The Morgan fingerprint density at radius 2 is 2.36 bits per heavy atom. The molecule has 6 heteroatoms. The van der Waals surface area contributed by atoms with E-state index in [0.717, 1.165) is 10.6 Å². The molecular weight excluding hydrogens is 222 g/mol. The molecule has 0 aliphatic heterocycles. The number of hydrogen-bond acceptors (Lipinski definition) is 5. The van der Waals surface area contributed by atoms with Crippen molar-refractivity contribution in [3.63, 3.8) is 0 Å². The first-order chi connectivity index (χ1) is 6.81. The number of aromatic nitrogens is 3. The van der Waals surface area contributed by atoms with Crippen molar-refractivity contribution in [3.05, 3.63) is 17.1 Å². The molecule has 0 saturated heterocycles. The van der Waals surface area contributed by atoms with Crippen LogP contribution in [0.25, 0.3) is 10.8 Å². The van der Waals surface area contributed by atoms with Crippen LogP contribution in [0.4, 0.5) is 0 Å². The molecule has 0 fully saturated rings. The van der Waals surface area contributed by atoms with E-state index in [0.29, 0.717) is 24.1 Å². The van der Waals surface area contributed by atoms with Gasteiger partial charge in [-0.1, -0.05) is 0 Å². The van der Waals surface area contributed by atoms with Crippen molar-refractivity contribution >= 4 is 22.9 Å². The zero-order chi connectivity index (χ0) is 9.97. The van der Waals surface area contributed by atoms with E-state index in [1.807, 2.05) is 6.92 Å². The zero-order valence-electron chi connectivity index (χ0n) is 7.53. The summed E-state index contributed by atoms with van der Waals surface area (Å²) < 4.78 is 5.41. The summed E-state index contributed by atoms with van der Waals surface area (Å²) >= 11 is 7.06. The number of rotatable bonds is 3. The predicted molar refractivity (Wildman–Crippen MR) is 54.6 cm³/mol. The van der Waals surface area contributed by atoms with Gasteiger partial charge in [-0.3, -0.25) is 0 Å². The maximum atomic E-state index is 5.56. The van der Waals surface area contributed by atoms with Gasteiger partial charge in [0.2, 0.25) is 5.89 Å². The Bertz CT molecular complexity index is 426. The van der Waals surface area contributed by atoms with Crippen molar-refractivity contribution in [1.82, 2.24) is 15.2 Å². The Labute approximate surface area is 89.9 Å². The molecule has 0 unspecified atom stereocenters. The quantitative estimate of drug-likeness (QED) is 0.758. The highest BCUT2D eigenvalue weighted by Crippen LogP contribution is 2.25. The van der Waals surface area contributed by atoms with E-state index in [2.05, 4.69) is 15.2 Å². The van der Waals surface area contributed by atoms with Crippen LogP contribution in [-0.4, -0.2) is 21.1 Å². The smallest absolute Gasteiger partial charge is 0.259 e. The molecule has 0 aliphatic rings. The average molecular weight is 230 g/mol. The molecule has 74 valence electrons. The molecule has 2 aromatic rings. The number of halogens is 1. The minimum absolute atomic E-state index is 0.489. The number of nitrogens with zero attached hydrogens (tertiary/aromatic N) is 3. The maximum absolute atomic E-state index is 5.56. The molecule has 0 aromatic carbocycles. The lowest BCUT2D eigenvalue weighted by molar-refractivity contribution is 0.514. The summed E-state index contributed by atoms with van der Waals surface area (Å²) in [7, 11) is 0. The highest BCUT2D eigenvalue weighted by molar-refractivity contribution is 7.13. The Morgan fingerprint density at radius 1 is 1.50 bits per heavy atom. The summed E-state index contributed by atoms with van der Waals surface area (Å²) in [5.41, 5.74) is 2.67. The molecule has 0 aliphatic carbocycles. The van der Waals surface area contributed by atoms with Crippen molar-refractivity contribution in [3.8, 4) is 10.8 Å². The largest absolute Gasteiger partial charge is 0.420 e. The number of alkyl halides is 1.